The van der Waals surface area contributed by atoms with Crippen LogP contribution < -0.4 is 4.74 Å². The molecule has 130 valence electrons. The molecule has 0 saturated carbocycles. The SMILES string of the molecule is COc1ccc2c(c1)CC(C)N(C(=O)c1ccnc(C(=O)O)c1)C2C. The van der Waals surface area contributed by atoms with Crippen molar-refractivity contribution >= 4 is 11.9 Å². The lowest BCUT2D eigenvalue weighted by molar-refractivity contribution is 0.0580. The maximum Gasteiger partial charge on any atom is 0.354 e. The molecule has 1 aliphatic heterocycles. The monoisotopic (exact) mass is 340 g/mol. The lowest BCUT2D eigenvalue weighted by Crippen LogP contribution is -2.45. The van der Waals surface area contributed by atoms with Gasteiger partial charge in [0.1, 0.15) is 11.4 Å². The van der Waals surface area contributed by atoms with Crippen molar-refractivity contribution in [2.75, 3.05) is 7.11 Å². The number of methoxy groups -OCH3 is 1. The molecule has 25 heavy (non-hydrogen) atoms. The van der Waals surface area contributed by atoms with Crippen LogP contribution in [-0.2, 0) is 6.42 Å². The van der Waals surface area contributed by atoms with Gasteiger partial charge in [0.15, 0.2) is 0 Å². The summed E-state index contributed by atoms with van der Waals surface area (Å²) in [6.45, 7) is 3.98. The van der Waals surface area contributed by atoms with Gasteiger partial charge in [-0.15, -0.1) is 0 Å². The van der Waals surface area contributed by atoms with Crippen LogP contribution in [0.4, 0.5) is 0 Å². The molecule has 0 fully saturated rings. The quantitative estimate of drug-likeness (QED) is 0.929. The first-order valence-corrected chi connectivity index (χ1v) is 8.11. The summed E-state index contributed by atoms with van der Waals surface area (Å²) in [5.41, 5.74) is 2.46. The van der Waals surface area contributed by atoms with Crippen molar-refractivity contribution in [3.8, 4) is 5.75 Å². The number of fused-ring (bicyclic) bond motifs is 1. The van der Waals surface area contributed by atoms with E-state index in [0.29, 0.717) is 5.56 Å². The number of hydrogen-bond donors (Lipinski definition) is 1. The van der Waals surface area contributed by atoms with Crippen LogP contribution in [0.2, 0.25) is 0 Å². The van der Waals surface area contributed by atoms with Crippen LogP contribution in [0.25, 0.3) is 0 Å². The minimum Gasteiger partial charge on any atom is -0.497 e. The van der Waals surface area contributed by atoms with Gasteiger partial charge in [0.2, 0.25) is 0 Å². The van der Waals surface area contributed by atoms with Gasteiger partial charge in [-0.3, -0.25) is 4.79 Å². The van der Waals surface area contributed by atoms with Crippen LogP contribution in [0.1, 0.15) is 51.9 Å². The van der Waals surface area contributed by atoms with Gasteiger partial charge >= 0.3 is 5.97 Å². The summed E-state index contributed by atoms with van der Waals surface area (Å²) in [6.07, 6.45) is 2.08. The van der Waals surface area contributed by atoms with Crippen LogP contribution in [-0.4, -0.2) is 40.0 Å². The standard InChI is InChI=1S/C19H20N2O4/c1-11-8-14-9-15(25-3)4-5-16(14)12(2)21(11)18(22)13-6-7-20-17(10-13)19(23)24/h4-7,9-12H,8H2,1-3H3,(H,23,24). The minimum atomic E-state index is -1.15. The summed E-state index contributed by atoms with van der Waals surface area (Å²) >= 11 is 0. The number of aromatic carboxylic acids is 1. The van der Waals surface area contributed by atoms with Crippen LogP contribution in [0, 0.1) is 0 Å². The second-order valence-electron chi connectivity index (χ2n) is 6.24. The van der Waals surface area contributed by atoms with Crippen molar-refractivity contribution in [1.29, 1.82) is 0 Å². The average molecular weight is 340 g/mol. The maximum absolute atomic E-state index is 13.0. The first kappa shape index (κ1) is 17.0. The molecule has 6 nitrogen and oxygen atoms in total. The number of carboxylic acid groups (broad SMARTS) is 1. The average Bonchev–Trinajstić information content (AvgIpc) is 2.61. The molecule has 1 aliphatic rings. The molecule has 2 aromatic rings. The molecule has 2 heterocycles. The maximum atomic E-state index is 13.0. The molecule has 2 unspecified atom stereocenters. The molecule has 0 spiro atoms. The van der Waals surface area contributed by atoms with Crippen LogP contribution in [0.5, 0.6) is 5.75 Å². The van der Waals surface area contributed by atoms with Crippen molar-refractivity contribution in [3.63, 3.8) is 0 Å². The highest BCUT2D eigenvalue weighted by molar-refractivity contribution is 5.97. The van der Waals surface area contributed by atoms with Crippen molar-refractivity contribution in [1.82, 2.24) is 9.88 Å². The Kier molecular flexibility index (Phi) is 4.44. The van der Waals surface area contributed by atoms with Gasteiger partial charge in [-0.05, 0) is 55.7 Å². The lowest BCUT2D eigenvalue weighted by Gasteiger charge is -2.40. The number of rotatable bonds is 3. The molecule has 0 radical (unpaired) electrons. The first-order valence-electron chi connectivity index (χ1n) is 8.11. The minimum absolute atomic E-state index is 0.0106. The predicted octanol–water partition coefficient (Wildman–Crippen LogP) is 2.94. The van der Waals surface area contributed by atoms with Crippen LogP contribution in [0.3, 0.4) is 0 Å². The topological polar surface area (TPSA) is 79.7 Å². The number of pyridine rings is 1. The zero-order chi connectivity index (χ0) is 18.1. The van der Waals surface area contributed by atoms with E-state index < -0.39 is 5.97 Å². The Morgan fingerprint density at radius 2 is 2.00 bits per heavy atom. The van der Waals surface area contributed by atoms with Crippen molar-refractivity contribution in [2.45, 2.75) is 32.4 Å². The third-order valence-electron chi connectivity index (χ3n) is 4.67. The number of hydrogen-bond acceptors (Lipinski definition) is 4. The van der Waals surface area contributed by atoms with Gasteiger partial charge in [-0.25, -0.2) is 9.78 Å². The van der Waals surface area contributed by atoms with Gasteiger partial charge in [0, 0.05) is 17.8 Å². The lowest BCUT2D eigenvalue weighted by atomic mass is 9.88. The van der Waals surface area contributed by atoms with Crippen LogP contribution in [0.15, 0.2) is 36.5 Å². The van der Waals surface area contributed by atoms with Gasteiger partial charge in [0.05, 0.1) is 13.2 Å². The Morgan fingerprint density at radius 3 is 2.68 bits per heavy atom. The predicted molar refractivity (Wildman–Crippen MR) is 91.9 cm³/mol. The molecule has 0 bridgehead atoms. The molecule has 0 saturated heterocycles. The van der Waals surface area contributed by atoms with Crippen molar-refractivity contribution in [2.24, 2.45) is 0 Å². The van der Waals surface area contributed by atoms with Gasteiger partial charge < -0.3 is 14.7 Å². The Labute approximate surface area is 146 Å². The van der Waals surface area contributed by atoms with E-state index in [9.17, 15) is 9.59 Å². The molecule has 1 N–H and O–H groups in total. The van der Waals surface area contributed by atoms with Gasteiger partial charge in [-0.2, -0.15) is 0 Å². The normalized spacial score (nSPS) is 19.2. The summed E-state index contributed by atoms with van der Waals surface area (Å²) in [5, 5.41) is 9.09. The number of aromatic nitrogens is 1. The fourth-order valence-corrected chi connectivity index (χ4v) is 3.45. The molecule has 1 amide bonds. The number of amides is 1. The summed E-state index contributed by atoms with van der Waals surface area (Å²) in [5.74, 6) is -0.531. The molecular formula is C19H20N2O4. The summed E-state index contributed by atoms with van der Waals surface area (Å²) in [4.78, 5) is 29.7. The highest BCUT2D eigenvalue weighted by atomic mass is 16.5. The number of carbonyl (C=O) groups is 2. The van der Waals surface area contributed by atoms with E-state index in [1.807, 2.05) is 32.0 Å². The third-order valence-corrected chi connectivity index (χ3v) is 4.67. The first-order chi connectivity index (χ1) is 11.9. The fraction of sp³-hybridized carbons (Fsp3) is 0.316. The molecule has 1 aromatic carbocycles. The number of nitrogens with zero attached hydrogens (tertiary/aromatic N) is 2. The Morgan fingerprint density at radius 1 is 1.24 bits per heavy atom. The van der Waals surface area contributed by atoms with Crippen LogP contribution >= 0.6 is 0 Å². The highest BCUT2D eigenvalue weighted by Gasteiger charge is 2.33. The second kappa shape index (κ2) is 6.55. The smallest absolute Gasteiger partial charge is 0.354 e. The number of ether oxygens (including phenoxy) is 1. The van der Waals surface area contributed by atoms with E-state index in [4.69, 9.17) is 9.84 Å². The summed E-state index contributed by atoms with van der Waals surface area (Å²) in [6, 6.07) is 8.65. The van der Waals surface area contributed by atoms with E-state index in [1.54, 1.807) is 18.1 Å². The Bertz CT molecular complexity index is 834. The molecular weight excluding hydrogens is 320 g/mol. The van der Waals surface area contributed by atoms with E-state index in [-0.39, 0.29) is 23.7 Å². The van der Waals surface area contributed by atoms with Gasteiger partial charge in [0.25, 0.3) is 5.91 Å². The van der Waals surface area contributed by atoms with E-state index >= 15 is 0 Å². The largest absolute Gasteiger partial charge is 0.497 e. The van der Waals surface area contributed by atoms with Crippen molar-refractivity contribution in [3.05, 3.63) is 58.9 Å². The van der Waals surface area contributed by atoms with E-state index in [2.05, 4.69) is 4.98 Å². The number of carboxylic acids is 1. The molecule has 3 rings (SSSR count). The Hall–Kier alpha value is -2.89. The second-order valence-corrected chi connectivity index (χ2v) is 6.24. The molecule has 2 atom stereocenters. The summed E-state index contributed by atoms with van der Waals surface area (Å²) < 4.78 is 5.29. The third kappa shape index (κ3) is 3.07. The van der Waals surface area contributed by atoms with E-state index in [1.165, 1.54) is 17.8 Å². The number of carbonyl (C=O) groups excluding carboxylic acids is 1. The van der Waals surface area contributed by atoms with Crippen molar-refractivity contribution < 1.29 is 19.4 Å². The zero-order valence-electron chi connectivity index (χ0n) is 14.4. The highest BCUT2D eigenvalue weighted by Crippen LogP contribution is 2.35. The Balaban J connectivity index is 1.95. The fourth-order valence-electron chi connectivity index (χ4n) is 3.45. The zero-order valence-corrected chi connectivity index (χ0v) is 14.4. The molecule has 0 aliphatic carbocycles. The summed E-state index contributed by atoms with van der Waals surface area (Å²) in [7, 11) is 1.64. The number of benzene rings is 1. The molecule has 6 heteroatoms. The molecule has 1 aromatic heterocycles. The van der Waals surface area contributed by atoms with E-state index in [0.717, 1.165) is 17.7 Å². The van der Waals surface area contributed by atoms with Gasteiger partial charge in [-0.1, -0.05) is 6.07 Å².